The average molecular weight is 242 g/mol. The van der Waals surface area contributed by atoms with E-state index in [1.165, 1.54) is 0 Å². The van der Waals surface area contributed by atoms with Gasteiger partial charge in [-0.25, -0.2) is 0 Å². The molecule has 14 heavy (non-hydrogen) atoms. The zero-order valence-corrected chi connectivity index (χ0v) is 12.4. The number of hydrogen-bond acceptors (Lipinski definition) is 2. The van der Waals surface area contributed by atoms with Gasteiger partial charge in [-0.05, 0) is 22.5 Å². The maximum Gasteiger partial charge on any atom is 0.113 e. The number of phenolic OH excluding ortho intramolecular Hbond substituents is 1. The van der Waals surface area contributed by atoms with Crippen LogP contribution in [-0.2, 0) is 0 Å². The Kier molecular flexibility index (Phi) is 3.86. The van der Waals surface area contributed by atoms with Crippen molar-refractivity contribution in [3.05, 3.63) is 12.1 Å². The number of benzene rings is 1. The Labute approximate surface area is 94.8 Å². The highest BCUT2D eigenvalue weighted by Crippen LogP contribution is 2.11. The molecule has 0 aliphatic rings. The summed E-state index contributed by atoms with van der Waals surface area (Å²) in [6.07, 6.45) is 0. The van der Waals surface area contributed by atoms with Gasteiger partial charge in [-0.15, -0.1) is 12.6 Å². The lowest BCUT2D eigenvalue weighted by Gasteiger charge is -2.14. The first-order chi connectivity index (χ1) is 6.43. The molecule has 4 heteroatoms. The standard InChI is InChI=1S/C10H18OSSi2/c1-13(2)8-5-7(12)6-9(10(8)11)14(3)4/h5-6,11-14H,1-4H3. The van der Waals surface area contributed by atoms with Crippen molar-refractivity contribution >= 4 is 40.6 Å². The molecule has 1 N–H and O–H groups in total. The summed E-state index contributed by atoms with van der Waals surface area (Å²) in [6.45, 7) is 8.92. The first-order valence-electron chi connectivity index (χ1n) is 4.99. The lowest BCUT2D eigenvalue weighted by atomic mass is 10.3. The van der Waals surface area contributed by atoms with Crippen molar-refractivity contribution in [3.8, 4) is 5.75 Å². The van der Waals surface area contributed by atoms with Gasteiger partial charge in [0.1, 0.15) is 5.75 Å². The molecule has 0 aromatic heterocycles. The van der Waals surface area contributed by atoms with Crippen molar-refractivity contribution in [2.75, 3.05) is 0 Å². The molecule has 1 rings (SSSR count). The van der Waals surface area contributed by atoms with E-state index >= 15 is 0 Å². The Morgan fingerprint density at radius 1 is 1.00 bits per heavy atom. The molecular weight excluding hydrogens is 224 g/mol. The SMILES string of the molecule is C[SiH](C)c1cc(S)cc([SiH](C)C)c1O. The minimum Gasteiger partial charge on any atom is -0.508 e. The molecule has 0 spiro atoms. The van der Waals surface area contributed by atoms with Crippen LogP contribution in [0, 0.1) is 0 Å². The smallest absolute Gasteiger partial charge is 0.113 e. The van der Waals surface area contributed by atoms with Gasteiger partial charge in [0.15, 0.2) is 0 Å². The van der Waals surface area contributed by atoms with E-state index in [9.17, 15) is 5.11 Å². The summed E-state index contributed by atoms with van der Waals surface area (Å²) in [4.78, 5) is 0.996. The van der Waals surface area contributed by atoms with Gasteiger partial charge in [0.05, 0.1) is 17.6 Å². The fourth-order valence-electron chi connectivity index (χ4n) is 1.54. The van der Waals surface area contributed by atoms with Crippen molar-refractivity contribution in [3.63, 3.8) is 0 Å². The van der Waals surface area contributed by atoms with Crippen molar-refractivity contribution in [1.29, 1.82) is 0 Å². The Balaban J connectivity index is 3.32. The summed E-state index contributed by atoms with van der Waals surface area (Å²) in [5.41, 5.74) is 0. The minimum atomic E-state index is -0.942. The molecule has 0 aliphatic carbocycles. The van der Waals surface area contributed by atoms with E-state index in [0.29, 0.717) is 5.75 Å². The van der Waals surface area contributed by atoms with E-state index in [4.69, 9.17) is 0 Å². The second kappa shape index (κ2) is 4.55. The zero-order valence-electron chi connectivity index (χ0n) is 9.20. The molecule has 0 saturated carbocycles. The fraction of sp³-hybridized carbons (Fsp3) is 0.400. The normalized spacial score (nSPS) is 11.4. The monoisotopic (exact) mass is 242 g/mol. The summed E-state index contributed by atoms with van der Waals surface area (Å²) in [7, 11) is -1.88. The third-order valence-corrected chi connectivity index (χ3v) is 6.02. The molecule has 0 aliphatic heterocycles. The van der Waals surface area contributed by atoms with E-state index in [-0.39, 0.29) is 0 Å². The summed E-state index contributed by atoms with van der Waals surface area (Å²) >= 11 is 4.39. The molecule has 0 saturated heterocycles. The largest absolute Gasteiger partial charge is 0.508 e. The topological polar surface area (TPSA) is 20.2 Å². The lowest BCUT2D eigenvalue weighted by Crippen LogP contribution is -2.32. The number of thiol groups is 1. The quantitative estimate of drug-likeness (QED) is 0.587. The molecular formula is C10H18OSSi2. The molecule has 0 fully saturated rings. The Morgan fingerprint density at radius 3 is 1.64 bits per heavy atom. The van der Waals surface area contributed by atoms with Crippen LogP contribution in [0.4, 0.5) is 0 Å². The third-order valence-electron chi connectivity index (χ3n) is 2.40. The maximum absolute atomic E-state index is 10.1. The molecule has 1 aromatic rings. The predicted molar refractivity (Wildman–Crippen MR) is 72.4 cm³/mol. The summed E-state index contributed by atoms with van der Waals surface area (Å²) in [5.74, 6) is 0.561. The first kappa shape index (κ1) is 11.9. The van der Waals surface area contributed by atoms with Crippen LogP contribution in [0.15, 0.2) is 17.0 Å². The van der Waals surface area contributed by atoms with Crippen molar-refractivity contribution in [2.24, 2.45) is 0 Å². The molecule has 78 valence electrons. The summed E-state index contributed by atoms with van der Waals surface area (Å²) < 4.78 is 0. The molecule has 0 heterocycles. The fourth-order valence-corrected chi connectivity index (χ4v) is 4.72. The van der Waals surface area contributed by atoms with Gasteiger partial charge in [-0.2, -0.15) is 0 Å². The van der Waals surface area contributed by atoms with Gasteiger partial charge in [0.2, 0.25) is 0 Å². The van der Waals surface area contributed by atoms with Gasteiger partial charge < -0.3 is 5.11 Å². The third kappa shape index (κ3) is 2.43. The molecule has 0 bridgehead atoms. The van der Waals surface area contributed by atoms with Crippen LogP contribution in [0.2, 0.25) is 26.2 Å². The van der Waals surface area contributed by atoms with E-state index in [2.05, 4.69) is 38.8 Å². The van der Waals surface area contributed by atoms with Gasteiger partial charge in [0, 0.05) is 4.90 Å². The van der Waals surface area contributed by atoms with Gasteiger partial charge >= 0.3 is 0 Å². The van der Waals surface area contributed by atoms with Gasteiger partial charge in [-0.3, -0.25) is 0 Å². The summed E-state index contributed by atoms with van der Waals surface area (Å²) in [5, 5.41) is 12.4. The highest BCUT2D eigenvalue weighted by molar-refractivity contribution is 7.80. The van der Waals surface area contributed by atoms with Crippen LogP contribution < -0.4 is 10.4 Å². The second-order valence-corrected chi connectivity index (χ2v) is 10.7. The number of hydrogen-bond donors (Lipinski definition) is 2. The molecule has 0 radical (unpaired) electrons. The second-order valence-electron chi connectivity index (χ2n) is 4.28. The molecule has 0 atom stereocenters. The Morgan fingerprint density at radius 2 is 1.36 bits per heavy atom. The Hall–Kier alpha value is -0.196. The van der Waals surface area contributed by atoms with E-state index < -0.39 is 17.6 Å². The van der Waals surface area contributed by atoms with Crippen molar-refractivity contribution in [1.82, 2.24) is 0 Å². The van der Waals surface area contributed by atoms with Crippen LogP contribution in [0.25, 0.3) is 0 Å². The number of rotatable bonds is 2. The number of aromatic hydroxyl groups is 1. The van der Waals surface area contributed by atoms with Crippen molar-refractivity contribution < 1.29 is 5.11 Å². The highest BCUT2D eigenvalue weighted by Gasteiger charge is 2.14. The predicted octanol–water partition coefficient (Wildman–Crippen LogP) is 1.07. The van der Waals surface area contributed by atoms with Crippen LogP contribution in [0.5, 0.6) is 5.75 Å². The van der Waals surface area contributed by atoms with Crippen LogP contribution >= 0.6 is 12.6 Å². The first-order valence-corrected chi connectivity index (χ1v) is 11.2. The minimum absolute atomic E-state index is 0.561. The van der Waals surface area contributed by atoms with E-state index in [0.717, 1.165) is 15.3 Å². The van der Waals surface area contributed by atoms with E-state index in [1.54, 1.807) is 0 Å². The number of phenols is 1. The lowest BCUT2D eigenvalue weighted by molar-refractivity contribution is 0.483. The maximum atomic E-state index is 10.1. The van der Waals surface area contributed by atoms with Crippen molar-refractivity contribution in [2.45, 2.75) is 31.1 Å². The average Bonchev–Trinajstić information content (AvgIpc) is 2.07. The highest BCUT2D eigenvalue weighted by atomic mass is 32.1. The summed E-state index contributed by atoms with van der Waals surface area (Å²) in [6, 6.07) is 4.05. The Bertz CT molecular complexity index is 308. The molecule has 1 nitrogen and oxygen atoms in total. The molecule has 0 unspecified atom stereocenters. The van der Waals surface area contributed by atoms with Gasteiger partial charge in [-0.1, -0.05) is 26.2 Å². The van der Waals surface area contributed by atoms with Crippen LogP contribution in [-0.4, -0.2) is 22.7 Å². The van der Waals surface area contributed by atoms with Crippen LogP contribution in [0.1, 0.15) is 0 Å². The zero-order chi connectivity index (χ0) is 10.9. The van der Waals surface area contributed by atoms with E-state index in [1.807, 2.05) is 12.1 Å². The molecule has 0 amide bonds. The van der Waals surface area contributed by atoms with Gasteiger partial charge in [0.25, 0.3) is 0 Å². The molecule has 1 aromatic carbocycles. The van der Waals surface area contributed by atoms with Crippen LogP contribution in [0.3, 0.4) is 0 Å².